The quantitative estimate of drug-likeness (QED) is 0.792. The van der Waals surface area contributed by atoms with Crippen LogP contribution < -0.4 is 0 Å². The largest absolute Gasteiger partial charge is 0.506 e. The van der Waals surface area contributed by atoms with Crippen LogP contribution in [0.2, 0.25) is 0 Å². The lowest BCUT2D eigenvalue weighted by Crippen LogP contribution is -2.34. The lowest BCUT2D eigenvalue weighted by Gasteiger charge is -2.32. The van der Waals surface area contributed by atoms with Crippen molar-refractivity contribution in [3.63, 3.8) is 0 Å². The highest BCUT2D eigenvalue weighted by atomic mass is 16.3. The zero-order chi connectivity index (χ0) is 18.1. The predicted octanol–water partition coefficient (Wildman–Crippen LogP) is 3.01. The fourth-order valence-corrected chi connectivity index (χ4v) is 5.62. The van der Waals surface area contributed by atoms with Gasteiger partial charge in [-0.25, -0.2) is 4.98 Å². The Morgan fingerprint density at radius 2 is 1.85 bits per heavy atom. The van der Waals surface area contributed by atoms with E-state index in [1.165, 1.54) is 44.4 Å². The summed E-state index contributed by atoms with van der Waals surface area (Å²) in [6, 6.07) is 3.09. The van der Waals surface area contributed by atoms with E-state index in [4.69, 9.17) is 0 Å². The molecule has 142 valence electrons. The number of pyridine rings is 1. The highest BCUT2D eigenvalue weighted by Crippen LogP contribution is 2.47. The first-order valence-corrected chi connectivity index (χ1v) is 10.1. The molecule has 5 nitrogen and oxygen atoms in total. The number of aromatic hydroxyl groups is 1. The Balaban J connectivity index is 1.29. The van der Waals surface area contributed by atoms with Gasteiger partial charge in [0.25, 0.3) is 0 Å². The molecular weight excluding hydrogens is 328 g/mol. The first-order chi connectivity index (χ1) is 12.5. The summed E-state index contributed by atoms with van der Waals surface area (Å²) in [7, 11) is 0. The van der Waals surface area contributed by atoms with Crippen LogP contribution in [0.4, 0.5) is 0 Å². The molecule has 0 amide bonds. The molecule has 0 radical (unpaired) electrons. The van der Waals surface area contributed by atoms with Crippen LogP contribution in [0.25, 0.3) is 0 Å². The molecule has 2 saturated carbocycles. The van der Waals surface area contributed by atoms with E-state index in [2.05, 4.69) is 9.88 Å². The summed E-state index contributed by atoms with van der Waals surface area (Å²) in [4.78, 5) is 18.6. The fraction of sp³-hybridized carbons (Fsp3) is 0.714. The topological polar surface area (TPSA) is 73.7 Å². The molecule has 2 aliphatic carbocycles. The van der Waals surface area contributed by atoms with E-state index in [-0.39, 0.29) is 11.5 Å². The number of carbonyl (C=O) groups excluding carboxylic acids is 1. The predicted molar refractivity (Wildman–Crippen MR) is 99.0 cm³/mol. The zero-order valence-electron chi connectivity index (χ0n) is 15.4. The van der Waals surface area contributed by atoms with Gasteiger partial charge in [-0.2, -0.15) is 0 Å². The Kier molecular flexibility index (Phi) is 5.02. The van der Waals surface area contributed by atoms with Crippen LogP contribution in [0.3, 0.4) is 0 Å². The third kappa shape index (κ3) is 3.94. The number of hydrogen-bond donors (Lipinski definition) is 2. The third-order valence-corrected chi connectivity index (χ3v) is 6.73. The van der Waals surface area contributed by atoms with Crippen molar-refractivity contribution in [3.8, 4) is 5.75 Å². The van der Waals surface area contributed by atoms with Gasteiger partial charge in [0, 0.05) is 13.1 Å². The number of Topliss-reactive ketones (excluding diaryl/α,β-unsaturated/α-hetero) is 1. The highest BCUT2D eigenvalue weighted by Gasteiger charge is 2.48. The van der Waals surface area contributed by atoms with Gasteiger partial charge in [0.1, 0.15) is 11.4 Å². The van der Waals surface area contributed by atoms with Crippen molar-refractivity contribution in [2.75, 3.05) is 19.6 Å². The van der Waals surface area contributed by atoms with Gasteiger partial charge < -0.3 is 10.2 Å². The standard InChI is InChI=1S/C21H30N2O3/c24-18-6-7-19(22-11-18)20(25)14-23-12-16-9-21(26,10-17(16)13-23)8-15-4-2-1-3-5-15/h6-7,11,15-17,24,26H,1-5,8-10,12-14H2/t16-,17-/m0/s1. The summed E-state index contributed by atoms with van der Waals surface area (Å²) in [5.74, 6) is 1.83. The van der Waals surface area contributed by atoms with Crippen molar-refractivity contribution in [2.45, 2.75) is 57.0 Å². The van der Waals surface area contributed by atoms with Crippen molar-refractivity contribution in [1.29, 1.82) is 0 Å². The van der Waals surface area contributed by atoms with Crippen LogP contribution >= 0.6 is 0 Å². The van der Waals surface area contributed by atoms with Crippen molar-refractivity contribution in [2.24, 2.45) is 17.8 Å². The van der Waals surface area contributed by atoms with Crippen molar-refractivity contribution in [1.82, 2.24) is 9.88 Å². The molecule has 2 atom stereocenters. The SMILES string of the molecule is O=C(CN1C[C@@H]2CC(O)(CC3CCCCC3)C[C@H]2C1)c1ccc(O)cn1. The molecule has 4 rings (SSSR count). The van der Waals surface area contributed by atoms with Gasteiger partial charge in [-0.3, -0.25) is 9.69 Å². The number of hydrogen-bond acceptors (Lipinski definition) is 5. The maximum Gasteiger partial charge on any atom is 0.195 e. The number of likely N-dealkylation sites (tertiary alicyclic amines) is 1. The fourth-order valence-electron chi connectivity index (χ4n) is 5.62. The van der Waals surface area contributed by atoms with Gasteiger partial charge in [-0.05, 0) is 49.1 Å². The minimum absolute atomic E-state index is 0.00226. The molecule has 2 heterocycles. The number of nitrogens with zero attached hydrogens (tertiary/aromatic N) is 2. The highest BCUT2D eigenvalue weighted by molar-refractivity contribution is 5.95. The summed E-state index contributed by atoms with van der Waals surface area (Å²) in [5.41, 5.74) is -0.0555. The van der Waals surface area contributed by atoms with Gasteiger partial charge in [0.15, 0.2) is 5.78 Å². The first-order valence-electron chi connectivity index (χ1n) is 10.1. The number of ketones is 1. The summed E-state index contributed by atoms with van der Waals surface area (Å²) < 4.78 is 0. The Bertz CT molecular complexity index is 625. The lowest BCUT2D eigenvalue weighted by atomic mass is 9.79. The molecular formula is C21H30N2O3. The van der Waals surface area contributed by atoms with Gasteiger partial charge in [0.2, 0.25) is 0 Å². The normalized spacial score (nSPS) is 29.0. The summed E-state index contributed by atoms with van der Waals surface area (Å²) in [6.07, 6.45) is 10.7. The molecule has 2 N–H and O–H groups in total. The Morgan fingerprint density at radius 1 is 1.15 bits per heavy atom. The molecule has 1 saturated heterocycles. The van der Waals surface area contributed by atoms with Crippen LogP contribution in [0.15, 0.2) is 18.3 Å². The molecule has 0 unspecified atom stereocenters. The van der Waals surface area contributed by atoms with Crippen LogP contribution in [0, 0.1) is 17.8 Å². The van der Waals surface area contributed by atoms with Gasteiger partial charge in [-0.1, -0.05) is 32.1 Å². The number of rotatable bonds is 5. The molecule has 3 fully saturated rings. The van der Waals surface area contributed by atoms with E-state index >= 15 is 0 Å². The monoisotopic (exact) mass is 358 g/mol. The second kappa shape index (κ2) is 7.28. The Labute approximate surface area is 155 Å². The van der Waals surface area contributed by atoms with Crippen molar-refractivity contribution < 1.29 is 15.0 Å². The molecule has 0 spiro atoms. The molecule has 0 bridgehead atoms. The zero-order valence-corrected chi connectivity index (χ0v) is 15.4. The Morgan fingerprint density at radius 3 is 2.46 bits per heavy atom. The van der Waals surface area contributed by atoms with Crippen molar-refractivity contribution in [3.05, 3.63) is 24.0 Å². The minimum atomic E-state index is -0.466. The van der Waals surface area contributed by atoms with Gasteiger partial charge in [0.05, 0.1) is 18.3 Å². The molecule has 0 aromatic carbocycles. The lowest BCUT2D eigenvalue weighted by molar-refractivity contribution is 0.00622. The second-order valence-corrected chi connectivity index (χ2v) is 8.88. The van der Waals surface area contributed by atoms with E-state index in [0.717, 1.165) is 32.4 Å². The van der Waals surface area contributed by atoms with Crippen LogP contribution in [-0.2, 0) is 0 Å². The molecule has 3 aliphatic rings. The third-order valence-electron chi connectivity index (χ3n) is 6.73. The maximum atomic E-state index is 12.4. The smallest absolute Gasteiger partial charge is 0.195 e. The minimum Gasteiger partial charge on any atom is -0.506 e. The average Bonchev–Trinajstić information content (AvgIpc) is 3.10. The summed E-state index contributed by atoms with van der Waals surface area (Å²) >= 11 is 0. The van der Waals surface area contributed by atoms with E-state index < -0.39 is 5.60 Å². The number of aromatic nitrogens is 1. The number of fused-ring (bicyclic) bond motifs is 1. The van der Waals surface area contributed by atoms with Crippen LogP contribution in [-0.4, -0.2) is 51.1 Å². The van der Waals surface area contributed by atoms with Gasteiger partial charge >= 0.3 is 0 Å². The summed E-state index contributed by atoms with van der Waals surface area (Å²) in [5, 5.41) is 20.4. The number of aliphatic hydroxyl groups is 1. The van der Waals surface area contributed by atoms with Gasteiger partial charge in [-0.15, -0.1) is 0 Å². The second-order valence-electron chi connectivity index (χ2n) is 8.88. The van der Waals surface area contributed by atoms with Crippen LogP contribution in [0.1, 0.15) is 61.9 Å². The average molecular weight is 358 g/mol. The van der Waals surface area contributed by atoms with E-state index in [1.807, 2.05) is 0 Å². The molecule has 5 heteroatoms. The number of carbonyl (C=O) groups is 1. The molecule has 1 aliphatic heterocycles. The first kappa shape index (κ1) is 17.9. The van der Waals surface area contributed by atoms with Crippen LogP contribution in [0.5, 0.6) is 5.75 Å². The van der Waals surface area contributed by atoms with Crippen molar-refractivity contribution >= 4 is 5.78 Å². The Hall–Kier alpha value is -1.46. The van der Waals surface area contributed by atoms with E-state index in [0.29, 0.717) is 30.0 Å². The molecule has 1 aromatic heterocycles. The molecule has 1 aromatic rings. The maximum absolute atomic E-state index is 12.4. The van der Waals surface area contributed by atoms with E-state index in [1.54, 1.807) is 6.07 Å². The summed E-state index contributed by atoms with van der Waals surface area (Å²) in [6.45, 7) is 2.19. The van der Waals surface area contributed by atoms with E-state index in [9.17, 15) is 15.0 Å². The molecule has 26 heavy (non-hydrogen) atoms.